The molecule has 0 saturated heterocycles. The Morgan fingerprint density at radius 2 is 1.95 bits per heavy atom. The summed E-state index contributed by atoms with van der Waals surface area (Å²) in [5.74, 6) is 1.98. The van der Waals surface area contributed by atoms with Gasteiger partial charge in [-0.25, -0.2) is 4.98 Å². The second-order valence-electron chi connectivity index (χ2n) is 5.15. The largest absolute Gasteiger partial charge is 0.486 e. The molecule has 0 bridgehead atoms. The maximum atomic E-state index is 6.31. The van der Waals surface area contributed by atoms with E-state index in [1.807, 2.05) is 18.2 Å². The van der Waals surface area contributed by atoms with Gasteiger partial charge < -0.3 is 15.2 Å². The Hall–Kier alpha value is -1.59. The van der Waals surface area contributed by atoms with Crippen LogP contribution in [0.2, 0.25) is 0 Å². The zero-order chi connectivity index (χ0) is 14.1. The van der Waals surface area contributed by atoms with Gasteiger partial charge in [0, 0.05) is 5.38 Å². The first-order valence-corrected chi connectivity index (χ1v) is 7.63. The van der Waals surface area contributed by atoms with Gasteiger partial charge in [0.2, 0.25) is 0 Å². The molecule has 1 aromatic carbocycles. The minimum atomic E-state index is -0.219. The van der Waals surface area contributed by atoms with Crippen molar-refractivity contribution in [2.45, 2.75) is 25.8 Å². The molecule has 4 nitrogen and oxygen atoms in total. The number of hydrogen-bond acceptors (Lipinski definition) is 5. The monoisotopic (exact) mass is 290 g/mol. The van der Waals surface area contributed by atoms with Gasteiger partial charge in [-0.3, -0.25) is 0 Å². The number of ether oxygens (including phenoxy) is 2. The Morgan fingerprint density at radius 3 is 2.65 bits per heavy atom. The van der Waals surface area contributed by atoms with Crippen molar-refractivity contribution in [3.63, 3.8) is 0 Å². The molecule has 0 fully saturated rings. The molecule has 1 unspecified atom stereocenters. The van der Waals surface area contributed by atoms with E-state index in [-0.39, 0.29) is 6.04 Å². The summed E-state index contributed by atoms with van der Waals surface area (Å²) < 4.78 is 11.1. The number of hydrogen-bond donors (Lipinski definition) is 1. The Bertz CT molecular complexity index is 610. The number of nitrogens with zero attached hydrogens (tertiary/aromatic N) is 1. The van der Waals surface area contributed by atoms with Crippen molar-refractivity contribution in [1.82, 2.24) is 4.98 Å². The SMILES string of the molecule is CC(C)c1csc(C(N)c2ccc3c(c2)OCCO3)n1. The number of aromatic nitrogens is 1. The molecular weight excluding hydrogens is 272 g/mol. The first kappa shape index (κ1) is 13.4. The van der Waals surface area contributed by atoms with Crippen LogP contribution in [0, 0.1) is 0 Å². The first-order valence-electron chi connectivity index (χ1n) is 6.75. The summed E-state index contributed by atoms with van der Waals surface area (Å²) >= 11 is 1.61. The lowest BCUT2D eigenvalue weighted by molar-refractivity contribution is 0.171. The maximum Gasteiger partial charge on any atom is 0.161 e. The molecule has 3 rings (SSSR count). The summed E-state index contributed by atoms with van der Waals surface area (Å²) in [6.45, 7) is 5.45. The van der Waals surface area contributed by atoms with Crippen LogP contribution in [0.3, 0.4) is 0 Å². The fourth-order valence-corrected chi connectivity index (χ4v) is 3.11. The summed E-state index contributed by atoms with van der Waals surface area (Å²) in [6, 6.07) is 5.63. The van der Waals surface area contributed by atoms with Crippen LogP contribution < -0.4 is 15.2 Å². The van der Waals surface area contributed by atoms with Crippen molar-refractivity contribution in [2.75, 3.05) is 13.2 Å². The highest BCUT2D eigenvalue weighted by atomic mass is 32.1. The average Bonchev–Trinajstić information content (AvgIpc) is 2.96. The van der Waals surface area contributed by atoms with Gasteiger partial charge in [0.05, 0.1) is 11.7 Å². The molecule has 20 heavy (non-hydrogen) atoms. The molecule has 0 saturated carbocycles. The second kappa shape index (κ2) is 5.42. The normalized spacial score (nSPS) is 15.4. The van der Waals surface area contributed by atoms with Gasteiger partial charge in [0.1, 0.15) is 18.2 Å². The van der Waals surface area contributed by atoms with Crippen LogP contribution in [0.15, 0.2) is 23.6 Å². The third-order valence-electron chi connectivity index (χ3n) is 3.32. The molecule has 1 aromatic heterocycles. The molecule has 0 amide bonds. The highest BCUT2D eigenvalue weighted by Gasteiger charge is 2.18. The van der Waals surface area contributed by atoms with Gasteiger partial charge >= 0.3 is 0 Å². The van der Waals surface area contributed by atoms with E-state index in [9.17, 15) is 0 Å². The number of nitrogens with two attached hydrogens (primary N) is 1. The molecule has 106 valence electrons. The van der Waals surface area contributed by atoms with Crippen molar-refractivity contribution in [3.05, 3.63) is 39.8 Å². The standard InChI is InChI=1S/C15H18N2O2S/c1-9(2)11-8-20-15(17-11)14(16)10-3-4-12-13(7-10)19-6-5-18-12/h3-4,7-9,14H,5-6,16H2,1-2H3. The molecule has 1 atom stereocenters. The van der Waals surface area contributed by atoms with Gasteiger partial charge in [-0.15, -0.1) is 11.3 Å². The van der Waals surface area contributed by atoms with Crippen LogP contribution in [0.25, 0.3) is 0 Å². The van der Waals surface area contributed by atoms with E-state index < -0.39 is 0 Å². The van der Waals surface area contributed by atoms with Gasteiger partial charge in [-0.05, 0) is 23.6 Å². The van der Waals surface area contributed by atoms with Crippen LogP contribution in [0.4, 0.5) is 0 Å². The minimum Gasteiger partial charge on any atom is -0.486 e. The van der Waals surface area contributed by atoms with Crippen LogP contribution in [-0.4, -0.2) is 18.2 Å². The molecule has 0 radical (unpaired) electrons. The highest BCUT2D eigenvalue weighted by Crippen LogP contribution is 2.34. The van der Waals surface area contributed by atoms with Crippen LogP contribution in [0.1, 0.15) is 42.1 Å². The van der Waals surface area contributed by atoms with E-state index in [2.05, 4.69) is 24.2 Å². The van der Waals surface area contributed by atoms with Gasteiger partial charge in [-0.2, -0.15) is 0 Å². The van der Waals surface area contributed by atoms with Crippen LogP contribution in [-0.2, 0) is 0 Å². The lowest BCUT2D eigenvalue weighted by atomic mass is 10.1. The van der Waals surface area contributed by atoms with E-state index in [0.29, 0.717) is 19.1 Å². The third-order valence-corrected chi connectivity index (χ3v) is 4.27. The quantitative estimate of drug-likeness (QED) is 0.943. The number of benzene rings is 1. The third kappa shape index (κ3) is 2.51. The molecule has 2 N–H and O–H groups in total. The molecule has 2 heterocycles. The van der Waals surface area contributed by atoms with E-state index in [0.717, 1.165) is 27.8 Å². The minimum absolute atomic E-state index is 0.219. The summed E-state index contributed by atoms with van der Waals surface area (Å²) in [4.78, 5) is 4.62. The lowest BCUT2D eigenvalue weighted by Crippen LogP contribution is -2.17. The Morgan fingerprint density at radius 1 is 1.20 bits per heavy atom. The smallest absolute Gasteiger partial charge is 0.161 e. The molecular formula is C15H18N2O2S. The maximum absolute atomic E-state index is 6.31. The topological polar surface area (TPSA) is 57.4 Å². The molecule has 1 aliphatic rings. The Kier molecular flexibility index (Phi) is 3.63. The predicted molar refractivity (Wildman–Crippen MR) is 79.7 cm³/mol. The summed E-state index contributed by atoms with van der Waals surface area (Å²) in [5.41, 5.74) is 8.41. The van der Waals surface area contributed by atoms with Crippen molar-refractivity contribution in [3.8, 4) is 11.5 Å². The van der Waals surface area contributed by atoms with Crippen molar-refractivity contribution in [1.29, 1.82) is 0 Å². The van der Waals surface area contributed by atoms with Crippen LogP contribution in [0.5, 0.6) is 11.5 Å². The highest BCUT2D eigenvalue weighted by molar-refractivity contribution is 7.09. The fourth-order valence-electron chi connectivity index (χ4n) is 2.10. The van der Waals surface area contributed by atoms with E-state index >= 15 is 0 Å². The summed E-state index contributed by atoms with van der Waals surface area (Å²) in [5, 5.41) is 3.02. The number of thiazole rings is 1. The van der Waals surface area contributed by atoms with Gasteiger partial charge in [-0.1, -0.05) is 19.9 Å². The Balaban J connectivity index is 1.87. The predicted octanol–water partition coefficient (Wildman–Crippen LogP) is 3.09. The lowest BCUT2D eigenvalue weighted by Gasteiger charge is -2.20. The molecule has 1 aliphatic heterocycles. The molecule has 2 aromatic rings. The number of fused-ring (bicyclic) bond motifs is 1. The summed E-state index contributed by atoms with van der Waals surface area (Å²) in [6.07, 6.45) is 0. The van der Waals surface area contributed by atoms with E-state index in [4.69, 9.17) is 15.2 Å². The summed E-state index contributed by atoms with van der Waals surface area (Å²) in [7, 11) is 0. The number of rotatable bonds is 3. The van der Waals surface area contributed by atoms with Crippen molar-refractivity contribution >= 4 is 11.3 Å². The first-order chi connectivity index (χ1) is 9.65. The van der Waals surface area contributed by atoms with Gasteiger partial charge in [0.15, 0.2) is 11.5 Å². The molecule has 0 spiro atoms. The second-order valence-corrected chi connectivity index (χ2v) is 6.04. The zero-order valence-electron chi connectivity index (χ0n) is 11.6. The zero-order valence-corrected chi connectivity index (χ0v) is 12.4. The van der Waals surface area contributed by atoms with Crippen LogP contribution >= 0.6 is 11.3 Å². The van der Waals surface area contributed by atoms with Crippen molar-refractivity contribution in [2.24, 2.45) is 5.73 Å². The van der Waals surface area contributed by atoms with E-state index in [1.54, 1.807) is 11.3 Å². The fraction of sp³-hybridized carbons (Fsp3) is 0.400. The Labute approximate surface area is 122 Å². The van der Waals surface area contributed by atoms with Crippen molar-refractivity contribution < 1.29 is 9.47 Å². The molecule has 0 aliphatic carbocycles. The average molecular weight is 290 g/mol. The van der Waals surface area contributed by atoms with Gasteiger partial charge in [0.25, 0.3) is 0 Å². The molecule has 5 heteroatoms. The van der Waals surface area contributed by atoms with E-state index in [1.165, 1.54) is 0 Å².